The second-order valence-corrected chi connectivity index (χ2v) is 7.99. The molecule has 1 heteroatoms. The van der Waals surface area contributed by atoms with E-state index in [9.17, 15) is 0 Å². The minimum Gasteiger partial charge on any atom is -0.361 e. The van der Waals surface area contributed by atoms with E-state index in [1.54, 1.807) is 0 Å². The Balaban J connectivity index is 1.80. The lowest BCUT2D eigenvalue weighted by molar-refractivity contribution is 0.00348. The van der Waals surface area contributed by atoms with Crippen LogP contribution in [0, 0.1) is 17.8 Å². The molecule has 1 fully saturated rings. The Morgan fingerprint density at radius 2 is 1.15 bits per heavy atom. The summed E-state index contributed by atoms with van der Waals surface area (Å²) < 4.78 is 6.89. The van der Waals surface area contributed by atoms with E-state index in [2.05, 4.69) is 105 Å². The highest BCUT2D eigenvalue weighted by molar-refractivity contribution is 5.47. The average molecular weight is 357 g/mol. The first-order valence-corrected chi connectivity index (χ1v) is 10.0. The van der Waals surface area contributed by atoms with Gasteiger partial charge in [0.15, 0.2) is 0 Å². The first kappa shape index (κ1) is 18.0. The third-order valence-corrected chi connectivity index (χ3v) is 5.89. The lowest BCUT2D eigenvalue weighted by atomic mass is 9.80. The first-order chi connectivity index (χ1) is 13.2. The summed E-state index contributed by atoms with van der Waals surface area (Å²) in [5.41, 5.74) is 2.98. The van der Waals surface area contributed by atoms with Crippen LogP contribution in [0.1, 0.15) is 37.0 Å². The van der Waals surface area contributed by atoms with Crippen molar-refractivity contribution in [2.75, 3.05) is 6.61 Å². The summed E-state index contributed by atoms with van der Waals surface area (Å²) in [4.78, 5) is 0. The van der Waals surface area contributed by atoms with Gasteiger partial charge in [0.1, 0.15) is 5.60 Å². The topological polar surface area (TPSA) is 9.23 Å². The van der Waals surface area contributed by atoms with E-state index in [-0.39, 0.29) is 0 Å². The van der Waals surface area contributed by atoms with Gasteiger partial charge in [0, 0.05) is 0 Å². The molecule has 0 spiro atoms. The van der Waals surface area contributed by atoms with Crippen molar-refractivity contribution >= 4 is 0 Å². The predicted octanol–water partition coefficient (Wildman–Crippen LogP) is 6.29. The van der Waals surface area contributed by atoms with Crippen molar-refractivity contribution in [1.82, 2.24) is 0 Å². The molecular weight excluding hydrogens is 328 g/mol. The molecule has 1 aliphatic rings. The number of ether oxygens (including phenoxy) is 1. The Morgan fingerprint density at radius 3 is 1.48 bits per heavy atom. The molecule has 1 aliphatic carbocycles. The Kier molecular flexibility index (Phi) is 5.13. The number of hydrogen-bond donors (Lipinski definition) is 0. The van der Waals surface area contributed by atoms with Crippen LogP contribution < -0.4 is 0 Å². The number of rotatable bonds is 7. The third kappa shape index (κ3) is 3.57. The molecule has 0 N–H and O–H groups in total. The molecule has 0 aliphatic heterocycles. The molecule has 0 radical (unpaired) electrons. The molecule has 138 valence electrons. The van der Waals surface area contributed by atoms with Gasteiger partial charge in [-0.05, 0) is 40.9 Å². The molecule has 1 nitrogen and oxygen atoms in total. The van der Waals surface area contributed by atoms with E-state index >= 15 is 0 Å². The van der Waals surface area contributed by atoms with Crippen LogP contribution in [0.4, 0.5) is 0 Å². The van der Waals surface area contributed by atoms with Gasteiger partial charge in [0.25, 0.3) is 0 Å². The second kappa shape index (κ2) is 7.70. The summed E-state index contributed by atoms with van der Waals surface area (Å²) in [5.74, 6) is 2.20. The number of hydrogen-bond acceptors (Lipinski definition) is 1. The summed E-state index contributed by atoms with van der Waals surface area (Å²) >= 11 is 0. The van der Waals surface area contributed by atoms with Crippen molar-refractivity contribution in [1.29, 1.82) is 0 Å². The smallest absolute Gasteiger partial charge is 0.143 e. The van der Waals surface area contributed by atoms with E-state index in [0.29, 0.717) is 5.92 Å². The zero-order chi connectivity index (χ0) is 18.7. The monoisotopic (exact) mass is 356 g/mol. The predicted molar refractivity (Wildman–Crippen MR) is 112 cm³/mol. The van der Waals surface area contributed by atoms with Crippen LogP contribution >= 0.6 is 0 Å². The van der Waals surface area contributed by atoms with Crippen LogP contribution in [-0.2, 0) is 10.3 Å². The van der Waals surface area contributed by atoms with E-state index < -0.39 is 5.60 Å². The molecule has 0 bridgehead atoms. The minimum atomic E-state index is -0.575. The van der Waals surface area contributed by atoms with Gasteiger partial charge in [-0.2, -0.15) is 0 Å². The van der Waals surface area contributed by atoms with Crippen molar-refractivity contribution in [3.63, 3.8) is 0 Å². The van der Waals surface area contributed by atoms with Crippen molar-refractivity contribution < 1.29 is 4.74 Å². The van der Waals surface area contributed by atoms with Gasteiger partial charge in [-0.3, -0.25) is 0 Å². The van der Waals surface area contributed by atoms with E-state index in [0.717, 1.165) is 18.4 Å². The van der Waals surface area contributed by atoms with Gasteiger partial charge in [0.2, 0.25) is 0 Å². The molecular formula is C26H28O. The molecule has 2 atom stereocenters. The fourth-order valence-electron chi connectivity index (χ4n) is 4.28. The molecule has 3 aromatic carbocycles. The van der Waals surface area contributed by atoms with Gasteiger partial charge in [-0.25, -0.2) is 0 Å². The van der Waals surface area contributed by atoms with Gasteiger partial charge in [0.05, 0.1) is 6.61 Å². The minimum absolute atomic E-state index is 0.575. The average Bonchev–Trinajstić information content (AvgIpc) is 3.51. The highest BCUT2D eigenvalue weighted by Gasteiger charge is 2.43. The lowest BCUT2D eigenvalue weighted by Gasteiger charge is -2.36. The maximum absolute atomic E-state index is 6.89. The van der Waals surface area contributed by atoms with Crippen molar-refractivity contribution in [3.05, 3.63) is 108 Å². The van der Waals surface area contributed by atoms with Gasteiger partial charge in [-0.1, -0.05) is 105 Å². The molecule has 1 saturated carbocycles. The molecule has 0 amide bonds. The Hall–Kier alpha value is -2.38. The maximum atomic E-state index is 6.89. The molecule has 0 saturated heterocycles. The van der Waals surface area contributed by atoms with Crippen LogP contribution in [0.15, 0.2) is 91.0 Å². The SMILES string of the molecule is CC(C)C1CC1COC(c1ccccc1)(c1ccccc1)c1ccccc1. The summed E-state index contributed by atoms with van der Waals surface area (Å²) in [7, 11) is 0. The molecule has 4 rings (SSSR count). The zero-order valence-corrected chi connectivity index (χ0v) is 16.2. The highest BCUT2D eigenvalue weighted by Crippen LogP contribution is 2.47. The molecule has 2 unspecified atom stereocenters. The quantitative estimate of drug-likeness (QED) is 0.452. The molecule has 3 aromatic rings. The largest absolute Gasteiger partial charge is 0.361 e. The first-order valence-electron chi connectivity index (χ1n) is 10.0. The van der Waals surface area contributed by atoms with Crippen molar-refractivity contribution in [2.24, 2.45) is 17.8 Å². The standard InChI is InChI=1S/C26H28O/c1-20(2)25-18-21(25)19-27-26(22-12-6-3-7-13-22,23-14-8-4-9-15-23)24-16-10-5-11-17-24/h3-17,20-21,25H,18-19H2,1-2H3. The maximum Gasteiger partial charge on any atom is 0.143 e. The van der Waals surface area contributed by atoms with Crippen LogP contribution in [0.25, 0.3) is 0 Å². The molecule has 27 heavy (non-hydrogen) atoms. The van der Waals surface area contributed by atoms with Crippen LogP contribution in [0.2, 0.25) is 0 Å². The van der Waals surface area contributed by atoms with Gasteiger partial charge >= 0.3 is 0 Å². The third-order valence-electron chi connectivity index (χ3n) is 5.89. The number of benzene rings is 3. The molecule has 0 heterocycles. The lowest BCUT2D eigenvalue weighted by Crippen LogP contribution is -2.33. The zero-order valence-electron chi connectivity index (χ0n) is 16.2. The Bertz CT molecular complexity index is 742. The van der Waals surface area contributed by atoms with Gasteiger partial charge in [-0.15, -0.1) is 0 Å². The second-order valence-electron chi connectivity index (χ2n) is 7.99. The summed E-state index contributed by atoms with van der Waals surface area (Å²) in [6, 6.07) is 32.0. The van der Waals surface area contributed by atoms with Crippen LogP contribution in [-0.4, -0.2) is 6.61 Å². The Labute approximate surface area is 163 Å². The van der Waals surface area contributed by atoms with Crippen LogP contribution in [0.5, 0.6) is 0 Å². The summed E-state index contributed by atoms with van der Waals surface area (Å²) in [6.07, 6.45) is 1.28. The Morgan fingerprint density at radius 1 is 0.741 bits per heavy atom. The normalized spacial score (nSPS) is 19.2. The fraction of sp³-hybridized carbons (Fsp3) is 0.308. The fourth-order valence-corrected chi connectivity index (χ4v) is 4.28. The highest BCUT2D eigenvalue weighted by atomic mass is 16.5. The molecule has 0 aromatic heterocycles. The van der Waals surface area contributed by atoms with Crippen molar-refractivity contribution in [2.45, 2.75) is 25.9 Å². The van der Waals surface area contributed by atoms with Crippen molar-refractivity contribution in [3.8, 4) is 0 Å². The summed E-state index contributed by atoms with van der Waals surface area (Å²) in [5, 5.41) is 0. The van der Waals surface area contributed by atoms with E-state index in [1.807, 2.05) is 0 Å². The van der Waals surface area contributed by atoms with Gasteiger partial charge < -0.3 is 4.74 Å². The van der Waals surface area contributed by atoms with E-state index in [4.69, 9.17) is 4.74 Å². The van der Waals surface area contributed by atoms with E-state index in [1.165, 1.54) is 23.1 Å². The summed E-state index contributed by atoms with van der Waals surface area (Å²) in [6.45, 7) is 5.44. The van der Waals surface area contributed by atoms with Crippen LogP contribution in [0.3, 0.4) is 0 Å².